The highest BCUT2D eigenvalue weighted by Crippen LogP contribution is 2.40. The number of fused-ring (bicyclic) bond motifs is 16. The van der Waals surface area contributed by atoms with Gasteiger partial charge < -0.3 is 45.1 Å². The van der Waals surface area contributed by atoms with Gasteiger partial charge in [0.15, 0.2) is 0 Å². The largest absolute Gasteiger partial charge is 0.481 e. The number of aromatic amines is 4. The van der Waals surface area contributed by atoms with E-state index in [0.29, 0.717) is 39.5 Å². The Kier molecular flexibility index (Phi) is 16.0. The lowest BCUT2D eigenvalue weighted by atomic mass is 9.99. The van der Waals surface area contributed by atoms with E-state index < -0.39 is 23.9 Å². The maximum absolute atomic E-state index is 12.1. The molecule has 4 aliphatic heterocycles. The van der Waals surface area contributed by atoms with Gasteiger partial charge in [-0.2, -0.15) is 0 Å². The minimum absolute atomic E-state index is 0.0701. The van der Waals surface area contributed by atoms with Crippen LogP contribution in [0.3, 0.4) is 0 Å². The van der Waals surface area contributed by atoms with Gasteiger partial charge in [0.1, 0.15) is 0 Å². The molecule has 0 spiro atoms. The monoisotopic (exact) mass is 1120 g/mol. The highest BCUT2D eigenvalue weighted by Gasteiger charge is 2.26. The van der Waals surface area contributed by atoms with Gasteiger partial charge >= 0.3 is 23.9 Å². The number of carboxylic acid groups (broad SMARTS) is 4. The number of nitrogens with one attached hydrogen (secondary N) is 4. The molecule has 4 aliphatic rings. The second-order valence-electron chi connectivity index (χ2n) is 22.1. The number of aliphatic carboxylic acids is 4. The Morgan fingerprint density at radius 2 is 0.663 bits per heavy atom. The van der Waals surface area contributed by atoms with E-state index in [1.165, 1.54) is 0 Å². The van der Waals surface area contributed by atoms with Crippen molar-refractivity contribution in [3.63, 3.8) is 0 Å². The molecule has 0 saturated heterocycles. The predicted octanol–water partition coefficient (Wildman–Crippen LogP) is 13.9. The third kappa shape index (κ3) is 11.2. The quantitative estimate of drug-likeness (QED) is 0.0398. The zero-order valence-electron chi connectivity index (χ0n) is 48.7. The van der Waals surface area contributed by atoms with E-state index in [4.69, 9.17) is 24.7 Å². The van der Waals surface area contributed by atoms with Gasteiger partial charge in [-0.05, 0) is 220 Å². The Morgan fingerprint density at radius 1 is 0.349 bits per heavy atom. The SMILES string of the molecule is CCC1=C(C)c2cc3nc(cc4[nH]c(cc5[nH]c(cc1n2)c(C)c5COCC1=C(C)c2cc5[nH]c(cc6[nH]c(cc7nc(cc1n2)C(C)=C7CCC(=O)O)c(CCC(=O)O)c6C)c(C)c5CC)c(C)c4CCC(=O)O)C(CCC(=O)O)=C3C. The third-order valence-electron chi connectivity index (χ3n) is 17.2. The number of carboxylic acids is 4. The fraction of sp³-hybridized carbons (Fsp3) is 0.333. The highest BCUT2D eigenvalue weighted by atomic mass is 16.5. The first-order valence-corrected chi connectivity index (χ1v) is 28.4. The van der Waals surface area contributed by atoms with Gasteiger partial charge in [-0.15, -0.1) is 0 Å². The van der Waals surface area contributed by atoms with E-state index in [-0.39, 0.29) is 64.6 Å². The number of hydrogen-bond acceptors (Lipinski definition) is 9. The fourth-order valence-corrected chi connectivity index (χ4v) is 12.2. The molecule has 16 bridgehead atoms. The number of allylic oxidation sites excluding steroid dienone is 7. The number of H-pyrrole nitrogens is 4. The van der Waals surface area contributed by atoms with E-state index >= 15 is 0 Å². The van der Waals surface area contributed by atoms with E-state index in [1.807, 2.05) is 65.0 Å². The summed E-state index contributed by atoms with van der Waals surface area (Å²) in [7, 11) is 0. The summed E-state index contributed by atoms with van der Waals surface area (Å²) in [6.07, 6.45) is 2.14. The normalized spacial score (nSPS) is 13.5. The average molecular weight is 1120 g/mol. The minimum Gasteiger partial charge on any atom is -0.481 e. The van der Waals surface area contributed by atoms with Gasteiger partial charge in [0.2, 0.25) is 0 Å². The topological polar surface area (TPSA) is 273 Å². The van der Waals surface area contributed by atoms with Crippen molar-refractivity contribution >= 4 is 113 Å². The molecule has 428 valence electrons. The zero-order chi connectivity index (χ0) is 59.3. The number of carbonyl (C=O) groups is 4. The number of rotatable bonds is 18. The molecule has 83 heavy (non-hydrogen) atoms. The van der Waals surface area contributed by atoms with Crippen LogP contribution in [0, 0.1) is 27.7 Å². The number of nitrogens with zero attached hydrogens (tertiary/aromatic N) is 4. The maximum Gasteiger partial charge on any atom is 0.303 e. The first-order chi connectivity index (χ1) is 39.6. The summed E-state index contributed by atoms with van der Waals surface area (Å²) in [4.78, 5) is 83.4. The van der Waals surface area contributed by atoms with Crippen LogP contribution < -0.4 is 0 Å². The number of aryl methyl sites for hydroxylation is 7. The molecule has 10 heterocycles. The molecular weight excluding hydrogens is 1050 g/mol. The number of hydrogen-bond donors (Lipinski definition) is 8. The van der Waals surface area contributed by atoms with E-state index in [2.05, 4.69) is 72.8 Å². The van der Waals surface area contributed by atoms with Crippen LogP contribution in [0.5, 0.6) is 0 Å². The molecule has 10 rings (SSSR count). The zero-order valence-corrected chi connectivity index (χ0v) is 48.7. The van der Waals surface area contributed by atoms with Crippen molar-refractivity contribution in [2.45, 2.75) is 140 Å². The Bertz CT molecular complexity index is 4270. The molecule has 17 nitrogen and oxygen atoms in total. The van der Waals surface area contributed by atoms with Gasteiger partial charge in [-0.3, -0.25) is 19.2 Å². The molecule has 8 N–H and O–H groups in total. The van der Waals surface area contributed by atoms with E-state index in [9.17, 15) is 39.6 Å². The second-order valence-corrected chi connectivity index (χ2v) is 22.1. The summed E-state index contributed by atoms with van der Waals surface area (Å²) in [6, 6.07) is 16.0. The molecule has 0 atom stereocenters. The molecule has 6 aromatic rings. The Balaban J connectivity index is 1.14. The predicted molar refractivity (Wildman–Crippen MR) is 326 cm³/mol. The molecule has 0 fully saturated rings. The van der Waals surface area contributed by atoms with Crippen molar-refractivity contribution in [1.29, 1.82) is 0 Å². The van der Waals surface area contributed by atoms with Crippen LogP contribution in [0.2, 0.25) is 0 Å². The summed E-state index contributed by atoms with van der Waals surface area (Å²) in [5.41, 5.74) is 26.6. The van der Waals surface area contributed by atoms with Crippen molar-refractivity contribution in [1.82, 2.24) is 39.9 Å². The van der Waals surface area contributed by atoms with Crippen molar-refractivity contribution in [3.05, 3.63) is 139 Å². The van der Waals surface area contributed by atoms with Gasteiger partial charge in [0, 0.05) is 81.0 Å². The van der Waals surface area contributed by atoms with Crippen LogP contribution in [-0.4, -0.2) is 90.8 Å². The summed E-state index contributed by atoms with van der Waals surface area (Å²) >= 11 is 0. The van der Waals surface area contributed by atoms with Gasteiger partial charge in [-0.25, -0.2) is 19.9 Å². The number of ether oxygens (including phenoxy) is 1. The molecule has 6 aromatic heterocycles. The Labute approximate surface area is 480 Å². The Morgan fingerprint density at radius 3 is 1.12 bits per heavy atom. The first kappa shape index (κ1) is 57.3. The second kappa shape index (κ2) is 23.1. The Hall–Kier alpha value is -8.96. The van der Waals surface area contributed by atoms with Crippen LogP contribution >= 0.6 is 0 Å². The first-order valence-electron chi connectivity index (χ1n) is 28.4. The summed E-state index contributed by atoms with van der Waals surface area (Å²) < 4.78 is 6.89. The molecule has 0 radical (unpaired) electrons. The van der Waals surface area contributed by atoms with Gasteiger partial charge in [0.25, 0.3) is 0 Å². The minimum atomic E-state index is -0.934. The van der Waals surface area contributed by atoms with Crippen molar-refractivity contribution < 1.29 is 44.3 Å². The molecule has 0 aromatic carbocycles. The molecule has 17 heteroatoms. The molecule has 0 amide bonds. The molecule has 0 unspecified atom stereocenters. The fourth-order valence-electron chi connectivity index (χ4n) is 12.2. The summed E-state index contributed by atoms with van der Waals surface area (Å²) in [5, 5.41) is 39.4. The highest BCUT2D eigenvalue weighted by molar-refractivity contribution is 5.98. The van der Waals surface area contributed by atoms with Crippen LogP contribution in [0.1, 0.15) is 177 Å². The lowest BCUT2D eigenvalue weighted by Crippen LogP contribution is -1.99. The average Bonchev–Trinajstić information content (AvgIpc) is 3.78. The van der Waals surface area contributed by atoms with Crippen LogP contribution in [-0.2, 0) is 49.8 Å². The molecular formula is C66H70N8O9. The third-order valence-corrected chi connectivity index (χ3v) is 17.2. The van der Waals surface area contributed by atoms with Crippen molar-refractivity contribution in [2.24, 2.45) is 0 Å². The van der Waals surface area contributed by atoms with E-state index in [1.54, 1.807) is 0 Å². The number of aromatic nitrogens is 8. The van der Waals surface area contributed by atoms with E-state index in [0.717, 1.165) is 152 Å². The van der Waals surface area contributed by atoms with Crippen LogP contribution in [0.15, 0.2) is 48.5 Å². The van der Waals surface area contributed by atoms with Gasteiger partial charge in [0.05, 0.1) is 58.8 Å². The summed E-state index contributed by atoms with van der Waals surface area (Å²) in [6.45, 7) is 20.7. The lowest BCUT2D eigenvalue weighted by molar-refractivity contribution is -0.138. The molecule has 0 aliphatic carbocycles. The lowest BCUT2D eigenvalue weighted by Gasteiger charge is -2.08. The standard InChI is InChI=1S/C66H70N8O9/c1-11-39-31(3)47-21-49-33(5)41(13-17-63(75)76)57(69-49)27-59-43(15-19-65(79)80)35(7)51(71-59)25-61-45(37(9)53(73-61)23-55(39)67-47)29-83-30-46-38(10)54-24-56-40(12-2)32(4)48(68-56)22-50-34(6)42(14-18-64(77)78)58(70-50)28-60-44(16-20-66(81)82)36(8)52(72-60)26-62(46)74-54/h21-28,67,69,72,74H,11-20,29-30H2,1-10H3,(H,75,76)(H,77,78)(H,79,80)(H,81,82). The summed E-state index contributed by atoms with van der Waals surface area (Å²) in [5.74, 6) is -3.69. The van der Waals surface area contributed by atoms with Crippen molar-refractivity contribution in [3.8, 4) is 0 Å². The maximum atomic E-state index is 12.1. The van der Waals surface area contributed by atoms with Crippen molar-refractivity contribution in [2.75, 3.05) is 6.61 Å². The molecule has 0 saturated carbocycles. The van der Waals surface area contributed by atoms with Crippen LogP contribution in [0.4, 0.5) is 0 Å². The van der Waals surface area contributed by atoms with Crippen LogP contribution in [0.25, 0.3) is 88.7 Å². The van der Waals surface area contributed by atoms with Gasteiger partial charge in [-0.1, -0.05) is 13.8 Å². The smallest absolute Gasteiger partial charge is 0.303 e.